The van der Waals surface area contributed by atoms with Crippen LogP contribution >= 0.6 is 0 Å². The van der Waals surface area contributed by atoms with E-state index in [9.17, 15) is 18.0 Å². The minimum absolute atomic E-state index is 0.237. The highest BCUT2D eigenvalue weighted by Crippen LogP contribution is 2.22. The average molecular weight is 363 g/mol. The Morgan fingerprint density at radius 2 is 1.64 bits per heavy atom. The van der Waals surface area contributed by atoms with E-state index in [1.54, 1.807) is 36.4 Å². The Hall–Kier alpha value is -2.94. The topological polar surface area (TPSA) is 114 Å². The fraction of sp³-hybridized carbons (Fsp3) is 0.188. The summed E-state index contributed by atoms with van der Waals surface area (Å²) in [6.07, 6.45) is 1.46. The van der Waals surface area contributed by atoms with Crippen molar-refractivity contribution in [2.75, 3.05) is 29.2 Å². The first-order chi connectivity index (χ1) is 11.9. The van der Waals surface area contributed by atoms with Crippen molar-refractivity contribution in [3.8, 4) is 5.75 Å². The van der Waals surface area contributed by atoms with Crippen molar-refractivity contribution >= 4 is 33.2 Å². The zero-order valence-corrected chi connectivity index (χ0v) is 14.2. The van der Waals surface area contributed by atoms with Crippen LogP contribution in [0.25, 0.3) is 0 Å². The van der Waals surface area contributed by atoms with Gasteiger partial charge in [-0.1, -0.05) is 18.2 Å². The molecule has 2 N–H and O–H groups in total. The number of sulfone groups is 1. The quantitative estimate of drug-likeness (QED) is 0.761. The number of hydrogen-bond donors (Lipinski definition) is 2. The fourth-order valence-electron chi connectivity index (χ4n) is 2.00. The van der Waals surface area contributed by atoms with Gasteiger partial charge in [-0.3, -0.25) is 9.59 Å². The molecule has 9 heteroatoms. The predicted octanol–water partition coefficient (Wildman–Crippen LogP) is 1.08. The van der Waals surface area contributed by atoms with Gasteiger partial charge in [0.2, 0.25) is 11.8 Å². The molecule has 25 heavy (non-hydrogen) atoms. The highest BCUT2D eigenvalue weighted by Gasteiger charge is 2.21. The molecule has 2 rings (SSSR count). The zero-order chi connectivity index (χ0) is 18.3. The van der Waals surface area contributed by atoms with Gasteiger partial charge in [0.1, 0.15) is 23.1 Å². The number of nitrogens with one attached hydrogen (secondary N) is 2. The molecule has 0 saturated heterocycles. The Morgan fingerprint density at radius 3 is 2.28 bits per heavy atom. The number of pyridine rings is 1. The second-order valence-electron chi connectivity index (χ2n) is 5.04. The number of ether oxygens (including phenoxy) is 1. The van der Waals surface area contributed by atoms with Crippen LogP contribution in [0.5, 0.6) is 5.75 Å². The number of rotatable bonds is 7. The smallest absolute Gasteiger partial charge is 0.240 e. The van der Waals surface area contributed by atoms with Crippen LogP contribution in [0.15, 0.2) is 48.7 Å². The van der Waals surface area contributed by atoms with Crippen LogP contribution in [0.2, 0.25) is 0 Å². The lowest BCUT2D eigenvalue weighted by molar-refractivity contribution is -0.114. The lowest BCUT2D eigenvalue weighted by atomic mass is 10.3. The largest absolute Gasteiger partial charge is 0.495 e. The molecule has 0 spiro atoms. The lowest BCUT2D eigenvalue weighted by Crippen LogP contribution is -2.30. The van der Waals surface area contributed by atoms with E-state index >= 15 is 0 Å². The molecule has 1 heterocycles. The molecule has 0 fully saturated rings. The first-order valence-electron chi connectivity index (χ1n) is 7.24. The highest BCUT2D eigenvalue weighted by atomic mass is 32.2. The minimum Gasteiger partial charge on any atom is -0.495 e. The van der Waals surface area contributed by atoms with E-state index in [0.717, 1.165) is 0 Å². The Bertz CT molecular complexity index is 853. The molecule has 0 saturated carbocycles. The Morgan fingerprint density at radius 1 is 1.00 bits per heavy atom. The van der Waals surface area contributed by atoms with Crippen LogP contribution in [-0.2, 0) is 19.4 Å². The van der Waals surface area contributed by atoms with E-state index in [-0.39, 0.29) is 5.82 Å². The number of anilines is 2. The van der Waals surface area contributed by atoms with Gasteiger partial charge in [-0.2, -0.15) is 0 Å². The number of carbonyl (C=O) groups is 2. The van der Waals surface area contributed by atoms with Crippen LogP contribution in [0, 0.1) is 0 Å². The number of amides is 2. The third kappa shape index (κ3) is 5.88. The van der Waals surface area contributed by atoms with Crippen molar-refractivity contribution in [1.82, 2.24) is 4.98 Å². The normalized spacial score (nSPS) is 10.8. The number of carbonyl (C=O) groups excluding carboxylic acids is 2. The average Bonchev–Trinajstić information content (AvgIpc) is 2.54. The van der Waals surface area contributed by atoms with Crippen LogP contribution in [0.4, 0.5) is 11.5 Å². The van der Waals surface area contributed by atoms with Gasteiger partial charge in [-0.25, -0.2) is 13.4 Å². The molecule has 1 aromatic heterocycles. The summed E-state index contributed by atoms with van der Waals surface area (Å²) in [6, 6.07) is 11.4. The number of hydrogen-bond acceptors (Lipinski definition) is 6. The first kappa shape index (κ1) is 18.4. The summed E-state index contributed by atoms with van der Waals surface area (Å²) >= 11 is 0. The molecule has 0 atom stereocenters. The van der Waals surface area contributed by atoms with Gasteiger partial charge in [0.25, 0.3) is 0 Å². The number of nitrogens with zero attached hydrogens (tertiary/aromatic N) is 1. The maximum absolute atomic E-state index is 12.0. The Balaban J connectivity index is 1.93. The second kappa shape index (κ2) is 8.25. The predicted molar refractivity (Wildman–Crippen MR) is 93.1 cm³/mol. The molecule has 0 radical (unpaired) electrons. The van der Waals surface area contributed by atoms with Crippen molar-refractivity contribution in [3.63, 3.8) is 0 Å². The van der Waals surface area contributed by atoms with Crippen molar-refractivity contribution in [3.05, 3.63) is 48.7 Å². The molecule has 132 valence electrons. The van der Waals surface area contributed by atoms with E-state index in [4.69, 9.17) is 4.74 Å². The van der Waals surface area contributed by atoms with Crippen molar-refractivity contribution in [2.45, 2.75) is 0 Å². The van der Waals surface area contributed by atoms with Crippen LogP contribution in [0.1, 0.15) is 0 Å². The number of benzene rings is 1. The third-order valence-electron chi connectivity index (χ3n) is 3.02. The van der Waals surface area contributed by atoms with Crippen LogP contribution in [0.3, 0.4) is 0 Å². The first-order valence-corrected chi connectivity index (χ1v) is 9.06. The van der Waals surface area contributed by atoms with Gasteiger partial charge < -0.3 is 15.4 Å². The molecule has 0 unspecified atom stereocenters. The highest BCUT2D eigenvalue weighted by molar-refractivity contribution is 7.92. The molecule has 8 nitrogen and oxygen atoms in total. The number of aromatic nitrogens is 1. The van der Waals surface area contributed by atoms with Crippen molar-refractivity contribution < 1.29 is 22.7 Å². The SMILES string of the molecule is COc1ccccc1NC(=O)CS(=O)(=O)CC(=O)Nc1ccccn1. The summed E-state index contributed by atoms with van der Waals surface area (Å²) in [5, 5.41) is 4.81. The maximum Gasteiger partial charge on any atom is 0.240 e. The minimum atomic E-state index is -3.93. The van der Waals surface area contributed by atoms with E-state index in [1.165, 1.54) is 19.4 Å². The van der Waals surface area contributed by atoms with Crippen LogP contribution in [-0.4, -0.2) is 43.8 Å². The lowest BCUT2D eigenvalue weighted by Gasteiger charge is -2.10. The third-order valence-corrected chi connectivity index (χ3v) is 4.42. The van der Waals surface area contributed by atoms with E-state index in [2.05, 4.69) is 15.6 Å². The number of para-hydroxylation sites is 2. The molecular weight excluding hydrogens is 346 g/mol. The molecule has 1 aromatic carbocycles. The maximum atomic E-state index is 12.0. The molecule has 0 aliphatic carbocycles. The fourth-order valence-corrected chi connectivity index (χ4v) is 3.05. The van der Waals surface area contributed by atoms with Crippen molar-refractivity contribution in [1.29, 1.82) is 0 Å². The van der Waals surface area contributed by atoms with E-state index in [0.29, 0.717) is 11.4 Å². The standard InChI is InChI=1S/C16H17N3O5S/c1-24-13-7-3-2-6-12(13)18-15(20)10-25(22,23)11-16(21)19-14-8-4-5-9-17-14/h2-9H,10-11H2,1H3,(H,18,20)(H,17,19,21). The molecule has 0 aliphatic heterocycles. The van der Waals surface area contributed by atoms with E-state index in [1.807, 2.05) is 0 Å². The van der Waals surface area contributed by atoms with Gasteiger partial charge >= 0.3 is 0 Å². The summed E-state index contributed by atoms with van der Waals surface area (Å²) in [5.74, 6) is -2.51. The summed E-state index contributed by atoms with van der Waals surface area (Å²) in [5.41, 5.74) is 0.350. The monoisotopic (exact) mass is 363 g/mol. The van der Waals surface area contributed by atoms with Gasteiger partial charge in [0.05, 0.1) is 12.8 Å². The molecular formula is C16H17N3O5S. The Labute approximate surface area is 145 Å². The second-order valence-corrected chi connectivity index (χ2v) is 7.11. The van der Waals surface area contributed by atoms with Gasteiger partial charge in [0.15, 0.2) is 9.84 Å². The molecule has 0 aliphatic rings. The van der Waals surface area contributed by atoms with Crippen molar-refractivity contribution in [2.24, 2.45) is 0 Å². The summed E-state index contributed by atoms with van der Waals surface area (Å²) < 4.78 is 29.1. The van der Waals surface area contributed by atoms with Gasteiger partial charge in [-0.15, -0.1) is 0 Å². The zero-order valence-electron chi connectivity index (χ0n) is 13.4. The number of methoxy groups -OCH3 is 1. The summed E-state index contributed by atoms with van der Waals surface area (Å²) in [4.78, 5) is 27.6. The Kier molecular flexibility index (Phi) is 6.07. The summed E-state index contributed by atoms with van der Waals surface area (Å²) in [7, 11) is -2.50. The summed E-state index contributed by atoms with van der Waals surface area (Å²) in [6.45, 7) is 0. The van der Waals surface area contributed by atoms with Gasteiger partial charge in [0, 0.05) is 6.20 Å². The molecule has 2 aromatic rings. The molecule has 0 bridgehead atoms. The van der Waals surface area contributed by atoms with Gasteiger partial charge in [-0.05, 0) is 24.3 Å². The van der Waals surface area contributed by atoms with E-state index < -0.39 is 33.2 Å². The van der Waals surface area contributed by atoms with Crippen LogP contribution < -0.4 is 15.4 Å². The molecule has 2 amide bonds.